The minimum absolute atomic E-state index is 0.0623. The Bertz CT molecular complexity index is 456. The monoisotopic (exact) mass is 334 g/mol. The van der Waals surface area contributed by atoms with Gasteiger partial charge in [0.05, 0.1) is 25.2 Å². The summed E-state index contributed by atoms with van der Waals surface area (Å²) in [6, 6.07) is 0. The molecule has 0 saturated carbocycles. The first kappa shape index (κ1) is 19.7. The highest BCUT2D eigenvalue weighted by atomic mass is 32.2. The molecule has 0 aromatic carbocycles. The van der Waals surface area contributed by atoms with Gasteiger partial charge in [-0.25, -0.2) is 0 Å². The largest absolute Gasteiger partial charge is 0.359 e. The molecule has 0 fully saturated rings. The second-order valence-corrected chi connectivity index (χ2v) is 7.42. The number of ether oxygens (including phenoxy) is 2. The van der Waals surface area contributed by atoms with E-state index < -0.39 is 32.4 Å². The average molecular weight is 334 g/mol. The second kappa shape index (κ2) is 8.90. The van der Waals surface area contributed by atoms with E-state index in [0.29, 0.717) is 6.42 Å². The van der Waals surface area contributed by atoms with E-state index in [1.807, 2.05) is 0 Å². The van der Waals surface area contributed by atoms with Gasteiger partial charge in [0.25, 0.3) is 20.2 Å². The summed E-state index contributed by atoms with van der Waals surface area (Å²) >= 11 is 0. The van der Waals surface area contributed by atoms with Crippen LogP contribution in [0.25, 0.3) is 0 Å². The van der Waals surface area contributed by atoms with Crippen LogP contribution in [0, 0.1) is 0 Å². The zero-order chi connectivity index (χ0) is 15.8. The fourth-order valence-corrected chi connectivity index (χ4v) is 2.57. The molecular formula is C10H22O8S2. The molecule has 2 atom stereocenters. The van der Waals surface area contributed by atoms with Gasteiger partial charge in [0.1, 0.15) is 12.9 Å². The van der Waals surface area contributed by atoms with Gasteiger partial charge in [-0.2, -0.15) is 16.8 Å². The maximum absolute atomic E-state index is 11.2. The number of hydrogen-bond donors (Lipinski definition) is 0. The Kier molecular flexibility index (Phi) is 8.79. The van der Waals surface area contributed by atoms with Crippen LogP contribution in [-0.4, -0.2) is 62.1 Å². The Hall–Kier alpha value is -0.260. The first-order valence-corrected chi connectivity index (χ1v) is 9.55. The van der Waals surface area contributed by atoms with E-state index in [2.05, 4.69) is 4.18 Å². The lowest BCUT2D eigenvalue weighted by Gasteiger charge is -2.25. The first-order valence-electron chi connectivity index (χ1n) is 5.92. The molecule has 20 heavy (non-hydrogen) atoms. The smallest absolute Gasteiger partial charge is 0.264 e. The molecular weight excluding hydrogens is 312 g/mol. The molecule has 0 bridgehead atoms. The number of methoxy groups -OCH3 is 1. The van der Waals surface area contributed by atoms with E-state index in [1.54, 1.807) is 6.92 Å². The fraction of sp³-hybridized carbons (Fsp3) is 1.00. The predicted molar refractivity (Wildman–Crippen MR) is 72.2 cm³/mol. The van der Waals surface area contributed by atoms with Gasteiger partial charge in [0.2, 0.25) is 0 Å². The minimum atomic E-state index is -3.64. The highest BCUT2D eigenvalue weighted by Crippen LogP contribution is 2.15. The van der Waals surface area contributed by atoms with Crippen LogP contribution in [0.2, 0.25) is 0 Å². The molecule has 0 unspecified atom stereocenters. The fourth-order valence-electron chi connectivity index (χ4n) is 1.47. The second-order valence-electron chi connectivity index (χ2n) is 4.17. The lowest BCUT2D eigenvalue weighted by molar-refractivity contribution is -0.110. The van der Waals surface area contributed by atoms with Gasteiger partial charge in [-0.05, 0) is 6.42 Å². The van der Waals surface area contributed by atoms with Gasteiger partial charge < -0.3 is 9.47 Å². The number of rotatable bonds is 11. The van der Waals surface area contributed by atoms with E-state index in [9.17, 15) is 16.8 Å². The molecule has 0 heterocycles. The van der Waals surface area contributed by atoms with Crippen molar-refractivity contribution in [1.29, 1.82) is 0 Å². The third-order valence-electron chi connectivity index (χ3n) is 2.22. The Labute approximate surface area is 120 Å². The van der Waals surface area contributed by atoms with Gasteiger partial charge in [0.15, 0.2) is 0 Å². The zero-order valence-corrected chi connectivity index (χ0v) is 13.7. The quantitative estimate of drug-likeness (QED) is 0.387. The van der Waals surface area contributed by atoms with Crippen molar-refractivity contribution in [1.82, 2.24) is 0 Å². The lowest BCUT2D eigenvalue weighted by Crippen LogP contribution is -2.34. The van der Waals surface area contributed by atoms with Crippen molar-refractivity contribution in [3.05, 3.63) is 0 Å². The predicted octanol–water partition coefficient (Wildman–Crippen LogP) is 0.0966. The Balaban J connectivity index is 4.65. The summed E-state index contributed by atoms with van der Waals surface area (Å²) in [5.41, 5.74) is 0. The topological polar surface area (TPSA) is 105 Å². The van der Waals surface area contributed by atoms with Crippen molar-refractivity contribution >= 4 is 20.2 Å². The van der Waals surface area contributed by atoms with Gasteiger partial charge in [-0.3, -0.25) is 8.37 Å². The maximum atomic E-state index is 11.2. The van der Waals surface area contributed by atoms with Crippen molar-refractivity contribution < 1.29 is 34.7 Å². The highest BCUT2D eigenvalue weighted by Gasteiger charge is 2.25. The molecule has 8 nitrogen and oxygen atoms in total. The summed E-state index contributed by atoms with van der Waals surface area (Å²) in [7, 11) is -5.77. The van der Waals surface area contributed by atoms with Crippen LogP contribution < -0.4 is 0 Å². The molecule has 0 aliphatic heterocycles. The van der Waals surface area contributed by atoms with Gasteiger partial charge >= 0.3 is 0 Å². The molecule has 0 amide bonds. The summed E-state index contributed by atoms with van der Waals surface area (Å²) in [5.74, 6) is 0. The summed E-state index contributed by atoms with van der Waals surface area (Å²) in [5, 5.41) is 0. The molecule has 0 aromatic rings. The van der Waals surface area contributed by atoms with Crippen LogP contribution in [0.1, 0.15) is 19.8 Å². The summed E-state index contributed by atoms with van der Waals surface area (Å²) in [6.45, 7) is 1.54. The molecule has 0 saturated heterocycles. The van der Waals surface area contributed by atoms with E-state index in [4.69, 9.17) is 13.7 Å². The molecule has 0 spiro atoms. The van der Waals surface area contributed by atoms with Gasteiger partial charge in [-0.1, -0.05) is 6.92 Å². The van der Waals surface area contributed by atoms with Crippen molar-refractivity contribution in [3.63, 3.8) is 0 Å². The van der Waals surface area contributed by atoms with Crippen molar-refractivity contribution in [2.45, 2.75) is 32.0 Å². The van der Waals surface area contributed by atoms with Gasteiger partial charge in [0, 0.05) is 13.5 Å². The summed E-state index contributed by atoms with van der Waals surface area (Å²) in [6.07, 6.45) is 1.02. The average Bonchev–Trinajstić information content (AvgIpc) is 2.28. The Morgan fingerprint density at radius 3 is 2.00 bits per heavy atom. The van der Waals surface area contributed by atoms with Crippen LogP contribution in [0.5, 0.6) is 0 Å². The van der Waals surface area contributed by atoms with Crippen LogP contribution in [0.15, 0.2) is 0 Å². The third kappa shape index (κ3) is 10.5. The van der Waals surface area contributed by atoms with Crippen LogP contribution >= 0.6 is 0 Å². The van der Waals surface area contributed by atoms with E-state index in [-0.39, 0.29) is 19.8 Å². The first-order chi connectivity index (χ1) is 9.09. The molecule has 0 rings (SSSR count). The molecule has 0 aliphatic rings. The molecule has 0 aliphatic carbocycles. The van der Waals surface area contributed by atoms with E-state index >= 15 is 0 Å². The standard InChI is InChI=1S/C10H22O8S2/c1-5-9(18-20(4,13)14)10(16-8-15-2)6-7-17-19(3,11)12/h9-10H,5-8H2,1-4H3/t9-,10+/m1/s1. The maximum Gasteiger partial charge on any atom is 0.264 e. The Morgan fingerprint density at radius 2 is 1.60 bits per heavy atom. The van der Waals surface area contributed by atoms with Crippen molar-refractivity contribution in [2.24, 2.45) is 0 Å². The van der Waals surface area contributed by atoms with E-state index in [1.165, 1.54) is 7.11 Å². The zero-order valence-electron chi connectivity index (χ0n) is 12.1. The number of hydrogen-bond acceptors (Lipinski definition) is 8. The molecule has 0 radical (unpaired) electrons. The van der Waals surface area contributed by atoms with E-state index in [0.717, 1.165) is 12.5 Å². The SMILES string of the molecule is CC[C@@H](OS(C)(=O)=O)[C@H](CCOS(C)(=O)=O)OCOC. The van der Waals surface area contributed by atoms with Crippen molar-refractivity contribution in [2.75, 3.05) is 33.0 Å². The highest BCUT2D eigenvalue weighted by molar-refractivity contribution is 7.86. The van der Waals surface area contributed by atoms with Crippen LogP contribution in [0.4, 0.5) is 0 Å². The van der Waals surface area contributed by atoms with Crippen LogP contribution in [-0.2, 0) is 38.1 Å². The molecule has 0 aromatic heterocycles. The lowest BCUT2D eigenvalue weighted by atomic mass is 10.1. The summed E-state index contributed by atoms with van der Waals surface area (Å²) < 4.78 is 63.7. The third-order valence-corrected chi connectivity index (χ3v) is 3.41. The van der Waals surface area contributed by atoms with Crippen LogP contribution in [0.3, 0.4) is 0 Å². The molecule has 0 N–H and O–H groups in total. The normalized spacial score (nSPS) is 16.0. The molecule has 10 heteroatoms. The molecule has 122 valence electrons. The van der Waals surface area contributed by atoms with Crippen molar-refractivity contribution in [3.8, 4) is 0 Å². The van der Waals surface area contributed by atoms with Gasteiger partial charge in [-0.15, -0.1) is 0 Å². The Morgan fingerprint density at radius 1 is 1.00 bits per heavy atom. The minimum Gasteiger partial charge on any atom is -0.359 e. The summed E-state index contributed by atoms with van der Waals surface area (Å²) in [4.78, 5) is 0.